The van der Waals surface area contributed by atoms with Crippen LogP contribution in [0.2, 0.25) is 0 Å². The average molecular weight is 391 g/mol. The molecule has 1 aromatic carbocycles. The second-order valence-electron chi connectivity index (χ2n) is 7.05. The first-order valence-corrected chi connectivity index (χ1v) is 9.56. The Morgan fingerprint density at radius 2 is 2.03 bits per heavy atom. The zero-order valence-electron chi connectivity index (χ0n) is 15.9. The third kappa shape index (κ3) is 4.14. The van der Waals surface area contributed by atoms with Crippen LogP contribution in [0, 0.1) is 11.3 Å². The molecular formula is C21H21N5O3. The van der Waals surface area contributed by atoms with Crippen LogP contribution in [0.4, 0.5) is 10.5 Å². The molecule has 0 bridgehead atoms. The Hall–Kier alpha value is -3.60. The molecule has 1 atom stereocenters. The number of likely N-dealkylation sites (tertiary alicyclic amines) is 1. The molecule has 0 N–H and O–H groups in total. The van der Waals surface area contributed by atoms with Gasteiger partial charge >= 0.3 is 6.03 Å². The van der Waals surface area contributed by atoms with Crippen molar-refractivity contribution in [3.05, 3.63) is 54.2 Å². The first-order valence-electron chi connectivity index (χ1n) is 9.56. The molecule has 2 aliphatic rings. The molecule has 2 saturated heterocycles. The molecule has 4 rings (SSSR count). The summed E-state index contributed by atoms with van der Waals surface area (Å²) in [6, 6.07) is 14.6. The number of anilines is 1. The fourth-order valence-corrected chi connectivity index (χ4v) is 3.61. The smallest absolute Gasteiger partial charge is 0.325 e. The van der Waals surface area contributed by atoms with Crippen LogP contribution in [0.5, 0.6) is 5.88 Å². The van der Waals surface area contributed by atoms with Gasteiger partial charge in [-0.15, -0.1) is 0 Å². The lowest BCUT2D eigenvalue weighted by molar-refractivity contribution is -0.130. The normalized spacial score (nSPS) is 18.8. The van der Waals surface area contributed by atoms with Crippen LogP contribution in [0.25, 0.3) is 0 Å². The number of carbonyl (C=O) groups excluding carboxylic acids is 2. The number of aromatic nitrogens is 1. The lowest BCUT2D eigenvalue weighted by Gasteiger charge is -2.22. The van der Waals surface area contributed by atoms with E-state index in [0.717, 1.165) is 5.69 Å². The summed E-state index contributed by atoms with van der Waals surface area (Å²) in [7, 11) is 0. The first kappa shape index (κ1) is 18.7. The number of carbonyl (C=O) groups is 2. The van der Waals surface area contributed by atoms with Gasteiger partial charge in [-0.05, 0) is 18.2 Å². The highest BCUT2D eigenvalue weighted by Crippen LogP contribution is 2.21. The maximum atomic E-state index is 12.7. The predicted octanol–water partition coefficient (Wildman–Crippen LogP) is 1.88. The summed E-state index contributed by atoms with van der Waals surface area (Å²) in [6.07, 6.45) is 2.05. The largest absolute Gasteiger partial charge is 0.472 e. The third-order valence-electron chi connectivity index (χ3n) is 5.14. The molecule has 148 valence electrons. The van der Waals surface area contributed by atoms with Gasteiger partial charge in [0.25, 0.3) is 0 Å². The fourth-order valence-electron chi connectivity index (χ4n) is 3.61. The van der Waals surface area contributed by atoms with Crippen LogP contribution < -0.4 is 9.64 Å². The van der Waals surface area contributed by atoms with Crippen LogP contribution in [0.1, 0.15) is 12.0 Å². The molecule has 0 saturated carbocycles. The summed E-state index contributed by atoms with van der Waals surface area (Å²) >= 11 is 0. The van der Waals surface area contributed by atoms with Crippen molar-refractivity contribution in [3.63, 3.8) is 0 Å². The summed E-state index contributed by atoms with van der Waals surface area (Å²) < 4.78 is 5.82. The van der Waals surface area contributed by atoms with Gasteiger partial charge < -0.3 is 14.5 Å². The van der Waals surface area contributed by atoms with Gasteiger partial charge in [0.1, 0.15) is 12.6 Å². The maximum Gasteiger partial charge on any atom is 0.325 e. The Balaban J connectivity index is 1.31. The van der Waals surface area contributed by atoms with Crippen LogP contribution in [-0.4, -0.2) is 65.5 Å². The van der Waals surface area contributed by atoms with E-state index < -0.39 is 0 Å². The SMILES string of the molecule is N#Cc1ccnc(O[C@H]2CCN(C(=O)CN3CCN(c4ccccc4)C3=O)C2)c1. The summed E-state index contributed by atoms with van der Waals surface area (Å²) in [6.45, 7) is 2.19. The standard InChI is InChI=1S/C21H21N5O3/c22-13-16-6-8-23-19(12-16)29-18-7-9-24(14-18)20(27)15-25-10-11-26(21(25)28)17-4-2-1-3-5-17/h1-6,8,12,18H,7,9-11,14-15H2/t18-/m0/s1. The molecule has 2 aromatic rings. The van der Waals surface area contributed by atoms with Gasteiger partial charge in [-0.2, -0.15) is 5.26 Å². The number of hydrogen-bond acceptors (Lipinski definition) is 5. The number of nitriles is 1. The molecule has 3 heterocycles. The van der Waals surface area contributed by atoms with Crippen molar-refractivity contribution in [2.24, 2.45) is 0 Å². The maximum absolute atomic E-state index is 12.7. The second kappa shape index (κ2) is 8.19. The Morgan fingerprint density at radius 3 is 2.83 bits per heavy atom. The minimum absolute atomic E-state index is 0.0665. The van der Waals surface area contributed by atoms with Crippen molar-refractivity contribution in [3.8, 4) is 11.9 Å². The molecule has 0 aliphatic carbocycles. The minimum atomic E-state index is -0.171. The second-order valence-corrected chi connectivity index (χ2v) is 7.05. The molecule has 0 spiro atoms. The number of benzene rings is 1. The molecular weight excluding hydrogens is 370 g/mol. The lowest BCUT2D eigenvalue weighted by atomic mass is 10.3. The van der Waals surface area contributed by atoms with E-state index in [1.807, 2.05) is 30.3 Å². The van der Waals surface area contributed by atoms with E-state index in [4.69, 9.17) is 10.00 Å². The van der Waals surface area contributed by atoms with Gasteiger partial charge in [-0.3, -0.25) is 9.69 Å². The van der Waals surface area contributed by atoms with Crippen molar-refractivity contribution in [1.82, 2.24) is 14.8 Å². The lowest BCUT2D eigenvalue weighted by Crippen LogP contribution is -2.42. The number of amides is 3. The monoisotopic (exact) mass is 391 g/mol. The summed E-state index contributed by atoms with van der Waals surface area (Å²) in [5.74, 6) is 0.301. The van der Waals surface area contributed by atoms with Gasteiger partial charge in [-0.25, -0.2) is 9.78 Å². The van der Waals surface area contributed by atoms with E-state index in [1.165, 1.54) is 6.20 Å². The van der Waals surface area contributed by atoms with Crippen LogP contribution in [0.15, 0.2) is 48.7 Å². The third-order valence-corrected chi connectivity index (χ3v) is 5.14. The Kier molecular flexibility index (Phi) is 5.29. The Morgan fingerprint density at radius 1 is 1.21 bits per heavy atom. The highest BCUT2D eigenvalue weighted by atomic mass is 16.5. The Labute approximate surface area is 168 Å². The van der Waals surface area contributed by atoms with Gasteiger partial charge in [-0.1, -0.05) is 18.2 Å². The van der Waals surface area contributed by atoms with Crippen molar-refractivity contribution < 1.29 is 14.3 Å². The molecule has 8 heteroatoms. The Bertz CT molecular complexity index is 943. The number of rotatable bonds is 5. The highest BCUT2D eigenvalue weighted by Gasteiger charge is 2.34. The van der Waals surface area contributed by atoms with Crippen LogP contribution >= 0.6 is 0 Å². The number of urea groups is 1. The topological polar surface area (TPSA) is 89.8 Å². The highest BCUT2D eigenvalue weighted by molar-refractivity contribution is 5.96. The van der Waals surface area contributed by atoms with E-state index in [-0.39, 0.29) is 24.6 Å². The molecule has 1 aromatic heterocycles. The molecule has 29 heavy (non-hydrogen) atoms. The van der Waals surface area contributed by atoms with E-state index >= 15 is 0 Å². The molecule has 3 amide bonds. The quantitative estimate of drug-likeness (QED) is 0.776. The molecule has 8 nitrogen and oxygen atoms in total. The number of pyridine rings is 1. The zero-order valence-corrected chi connectivity index (χ0v) is 15.9. The number of hydrogen-bond donors (Lipinski definition) is 0. The predicted molar refractivity (Wildman–Crippen MR) is 105 cm³/mol. The van der Waals surface area contributed by atoms with Crippen molar-refractivity contribution in [2.75, 3.05) is 37.6 Å². The summed E-state index contributed by atoms with van der Waals surface area (Å²) in [5, 5.41) is 8.96. The summed E-state index contributed by atoms with van der Waals surface area (Å²) in [4.78, 5) is 34.4. The van der Waals surface area contributed by atoms with Gasteiger partial charge in [0.05, 0.1) is 18.2 Å². The molecule has 2 aliphatic heterocycles. The van der Waals surface area contributed by atoms with E-state index in [9.17, 15) is 9.59 Å². The van der Waals surface area contributed by atoms with Crippen LogP contribution in [-0.2, 0) is 4.79 Å². The van der Waals surface area contributed by atoms with Gasteiger partial charge in [0.2, 0.25) is 11.8 Å². The zero-order chi connectivity index (χ0) is 20.2. The molecule has 0 radical (unpaired) electrons. The number of ether oxygens (including phenoxy) is 1. The van der Waals surface area contributed by atoms with Crippen molar-refractivity contribution >= 4 is 17.6 Å². The molecule has 2 fully saturated rings. The van der Waals surface area contributed by atoms with E-state index in [2.05, 4.69) is 11.1 Å². The van der Waals surface area contributed by atoms with E-state index in [0.29, 0.717) is 44.0 Å². The summed E-state index contributed by atoms with van der Waals surface area (Å²) in [5.41, 5.74) is 1.32. The minimum Gasteiger partial charge on any atom is -0.472 e. The number of para-hydroxylation sites is 1. The van der Waals surface area contributed by atoms with Crippen LogP contribution in [0.3, 0.4) is 0 Å². The van der Waals surface area contributed by atoms with E-state index in [1.54, 1.807) is 26.8 Å². The first-order chi connectivity index (χ1) is 14.1. The molecule has 0 unspecified atom stereocenters. The van der Waals surface area contributed by atoms with Crippen molar-refractivity contribution in [2.45, 2.75) is 12.5 Å². The van der Waals surface area contributed by atoms with Gasteiger partial charge in [0.15, 0.2) is 0 Å². The average Bonchev–Trinajstić information content (AvgIpc) is 3.36. The van der Waals surface area contributed by atoms with Crippen molar-refractivity contribution in [1.29, 1.82) is 5.26 Å². The fraction of sp³-hybridized carbons (Fsp3) is 0.333. The number of nitrogens with zero attached hydrogens (tertiary/aromatic N) is 5. The van der Waals surface area contributed by atoms with Gasteiger partial charge in [0, 0.05) is 44.0 Å².